The molecule has 6 heteroatoms. The van der Waals surface area contributed by atoms with E-state index in [0.29, 0.717) is 5.92 Å². The van der Waals surface area contributed by atoms with Crippen molar-refractivity contribution in [1.29, 1.82) is 0 Å². The smallest absolute Gasteiger partial charge is 0.164 e. The standard InChI is InChI=1S/C13H22N6/c1-11(2)8-14-9-13-15-10-19(17-13)7-5-12-4-6-16-18(12)3/h4,6,10-11,14H,5,7-9H2,1-3H3. The monoisotopic (exact) mass is 262 g/mol. The topological polar surface area (TPSA) is 60.6 Å². The van der Waals surface area contributed by atoms with Gasteiger partial charge in [0.05, 0.1) is 6.54 Å². The van der Waals surface area contributed by atoms with Crippen molar-refractivity contribution in [3.63, 3.8) is 0 Å². The first-order valence-electron chi connectivity index (χ1n) is 6.71. The largest absolute Gasteiger partial charge is 0.310 e. The molecule has 0 aromatic carbocycles. The van der Waals surface area contributed by atoms with E-state index in [4.69, 9.17) is 0 Å². The van der Waals surface area contributed by atoms with Gasteiger partial charge in [-0.2, -0.15) is 10.2 Å². The molecular weight excluding hydrogens is 240 g/mol. The molecule has 104 valence electrons. The summed E-state index contributed by atoms with van der Waals surface area (Å²) in [6.45, 7) is 6.93. The Morgan fingerprint density at radius 1 is 1.37 bits per heavy atom. The van der Waals surface area contributed by atoms with Crippen LogP contribution in [0.4, 0.5) is 0 Å². The Balaban J connectivity index is 1.79. The molecule has 0 saturated heterocycles. The highest BCUT2D eigenvalue weighted by Crippen LogP contribution is 2.00. The van der Waals surface area contributed by atoms with Crippen LogP contribution in [0.2, 0.25) is 0 Å². The maximum Gasteiger partial charge on any atom is 0.164 e. The Bertz CT molecular complexity index is 499. The van der Waals surface area contributed by atoms with Crippen molar-refractivity contribution in [3.8, 4) is 0 Å². The van der Waals surface area contributed by atoms with E-state index in [-0.39, 0.29) is 0 Å². The second-order valence-corrected chi connectivity index (χ2v) is 5.14. The highest BCUT2D eigenvalue weighted by Gasteiger charge is 2.03. The molecular formula is C13H22N6. The molecule has 2 rings (SSSR count). The average Bonchev–Trinajstić information content (AvgIpc) is 2.95. The van der Waals surface area contributed by atoms with Crippen LogP contribution in [-0.4, -0.2) is 31.1 Å². The second-order valence-electron chi connectivity index (χ2n) is 5.14. The van der Waals surface area contributed by atoms with Crippen molar-refractivity contribution in [2.75, 3.05) is 6.54 Å². The Morgan fingerprint density at radius 2 is 2.21 bits per heavy atom. The van der Waals surface area contributed by atoms with E-state index in [0.717, 1.165) is 31.9 Å². The summed E-state index contributed by atoms with van der Waals surface area (Å²) in [5.74, 6) is 1.50. The fourth-order valence-corrected chi connectivity index (χ4v) is 1.87. The first-order valence-corrected chi connectivity index (χ1v) is 6.71. The fraction of sp³-hybridized carbons (Fsp3) is 0.615. The average molecular weight is 262 g/mol. The molecule has 2 aromatic rings. The molecule has 0 atom stereocenters. The molecule has 0 saturated carbocycles. The van der Waals surface area contributed by atoms with Gasteiger partial charge in [0.2, 0.25) is 0 Å². The first-order chi connectivity index (χ1) is 9.15. The van der Waals surface area contributed by atoms with Crippen LogP contribution in [0.1, 0.15) is 25.4 Å². The molecule has 0 unspecified atom stereocenters. The van der Waals surface area contributed by atoms with Crippen LogP contribution in [0.5, 0.6) is 0 Å². The lowest BCUT2D eigenvalue weighted by Gasteiger charge is -2.04. The van der Waals surface area contributed by atoms with Crippen molar-refractivity contribution in [2.24, 2.45) is 13.0 Å². The number of hydrogen-bond acceptors (Lipinski definition) is 4. The molecule has 19 heavy (non-hydrogen) atoms. The van der Waals surface area contributed by atoms with Crippen LogP contribution < -0.4 is 5.32 Å². The van der Waals surface area contributed by atoms with E-state index in [1.54, 1.807) is 6.33 Å². The van der Waals surface area contributed by atoms with Crippen LogP contribution >= 0.6 is 0 Å². The number of nitrogens with zero attached hydrogens (tertiary/aromatic N) is 5. The predicted molar refractivity (Wildman–Crippen MR) is 73.5 cm³/mol. The van der Waals surface area contributed by atoms with E-state index >= 15 is 0 Å². The number of nitrogens with one attached hydrogen (secondary N) is 1. The van der Waals surface area contributed by atoms with Gasteiger partial charge in [-0.25, -0.2) is 4.98 Å². The van der Waals surface area contributed by atoms with E-state index in [9.17, 15) is 0 Å². The second kappa shape index (κ2) is 6.47. The third kappa shape index (κ3) is 4.17. The molecule has 6 nitrogen and oxygen atoms in total. The summed E-state index contributed by atoms with van der Waals surface area (Å²) in [6.07, 6.45) is 4.53. The third-order valence-corrected chi connectivity index (χ3v) is 2.94. The Hall–Kier alpha value is -1.69. The molecule has 0 spiro atoms. The summed E-state index contributed by atoms with van der Waals surface area (Å²) in [6, 6.07) is 2.03. The Kier molecular flexibility index (Phi) is 4.68. The van der Waals surface area contributed by atoms with Gasteiger partial charge in [-0.3, -0.25) is 9.36 Å². The minimum Gasteiger partial charge on any atom is -0.310 e. The van der Waals surface area contributed by atoms with Gasteiger partial charge in [0.1, 0.15) is 6.33 Å². The normalized spacial score (nSPS) is 11.4. The predicted octanol–water partition coefficient (Wildman–Crippen LogP) is 1.000. The van der Waals surface area contributed by atoms with Gasteiger partial charge < -0.3 is 5.32 Å². The zero-order valence-electron chi connectivity index (χ0n) is 11.9. The van der Waals surface area contributed by atoms with E-state index < -0.39 is 0 Å². The zero-order chi connectivity index (χ0) is 13.7. The maximum atomic E-state index is 4.45. The molecule has 0 fully saturated rings. The lowest BCUT2D eigenvalue weighted by molar-refractivity contribution is 0.534. The van der Waals surface area contributed by atoms with Gasteiger partial charge in [-0.15, -0.1) is 0 Å². The minimum atomic E-state index is 0.645. The highest BCUT2D eigenvalue weighted by atomic mass is 15.3. The quantitative estimate of drug-likeness (QED) is 0.808. The maximum absolute atomic E-state index is 4.45. The molecule has 0 amide bonds. The Labute approximate surface area is 113 Å². The van der Waals surface area contributed by atoms with Crippen LogP contribution in [-0.2, 0) is 26.6 Å². The minimum absolute atomic E-state index is 0.645. The van der Waals surface area contributed by atoms with Gasteiger partial charge >= 0.3 is 0 Å². The molecule has 1 N–H and O–H groups in total. The lowest BCUT2D eigenvalue weighted by Crippen LogP contribution is -2.19. The number of rotatable bonds is 7. The first kappa shape index (κ1) is 13.7. The van der Waals surface area contributed by atoms with Crippen LogP contribution in [0, 0.1) is 5.92 Å². The summed E-state index contributed by atoms with van der Waals surface area (Å²) in [4.78, 5) is 4.30. The van der Waals surface area contributed by atoms with Crippen molar-refractivity contribution in [1.82, 2.24) is 29.9 Å². The Morgan fingerprint density at radius 3 is 2.89 bits per heavy atom. The van der Waals surface area contributed by atoms with E-state index in [1.165, 1.54) is 5.69 Å². The van der Waals surface area contributed by atoms with Gasteiger partial charge in [0.25, 0.3) is 0 Å². The highest BCUT2D eigenvalue weighted by molar-refractivity contribution is 4.99. The summed E-state index contributed by atoms with van der Waals surface area (Å²) in [5, 5.41) is 11.9. The van der Waals surface area contributed by atoms with Gasteiger partial charge in [0.15, 0.2) is 5.82 Å². The van der Waals surface area contributed by atoms with E-state index in [1.807, 2.05) is 28.7 Å². The summed E-state index contributed by atoms with van der Waals surface area (Å²) in [5.41, 5.74) is 1.20. The van der Waals surface area contributed by atoms with Crippen LogP contribution in [0.3, 0.4) is 0 Å². The van der Waals surface area contributed by atoms with Crippen molar-refractivity contribution < 1.29 is 0 Å². The van der Waals surface area contributed by atoms with Gasteiger partial charge in [-0.1, -0.05) is 13.8 Å². The molecule has 0 bridgehead atoms. The van der Waals surface area contributed by atoms with E-state index in [2.05, 4.69) is 34.3 Å². The summed E-state index contributed by atoms with van der Waals surface area (Å²) in [7, 11) is 1.96. The molecule has 0 aliphatic carbocycles. The lowest BCUT2D eigenvalue weighted by atomic mass is 10.2. The van der Waals surface area contributed by atoms with Crippen LogP contribution in [0.25, 0.3) is 0 Å². The zero-order valence-corrected chi connectivity index (χ0v) is 11.9. The molecule has 0 radical (unpaired) electrons. The van der Waals surface area contributed by atoms with Gasteiger partial charge in [-0.05, 0) is 18.5 Å². The SMILES string of the molecule is CC(C)CNCc1ncn(CCc2ccnn2C)n1. The van der Waals surface area contributed by atoms with Crippen molar-refractivity contribution >= 4 is 0 Å². The third-order valence-electron chi connectivity index (χ3n) is 2.94. The fourth-order valence-electron chi connectivity index (χ4n) is 1.87. The van der Waals surface area contributed by atoms with Gasteiger partial charge in [0, 0.05) is 31.9 Å². The van der Waals surface area contributed by atoms with Crippen molar-refractivity contribution in [2.45, 2.75) is 33.4 Å². The molecule has 0 aliphatic rings. The van der Waals surface area contributed by atoms with Crippen LogP contribution in [0.15, 0.2) is 18.6 Å². The van der Waals surface area contributed by atoms with Crippen molar-refractivity contribution in [3.05, 3.63) is 30.1 Å². The number of aromatic nitrogens is 5. The molecule has 2 heterocycles. The summed E-state index contributed by atoms with van der Waals surface area (Å²) < 4.78 is 3.78. The number of hydrogen-bond donors (Lipinski definition) is 1. The summed E-state index contributed by atoms with van der Waals surface area (Å²) >= 11 is 0. The molecule has 0 aliphatic heterocycles. The molecule has 2 aromatic heterocycles. The number of aryl methyl sites for hydroxylation is 3.